The van der Waals surface area contributed by atoms with Crippen molar-refractivity contribution in [2.75, 3.05) is 18.1 Å². The van der Waals surface area contributed by atoms with Gasteiger partial charge in [0.2, 0.25) is 0 Å². The molecular formula is C21H19ClFN3O3. The summed E-state index contributed by atoms with van der Waals surface area (Å²) in [6.07, 6.45) is 2.91. The first-order valence-corrected chi connectivity index (χ1v) is 9.34. The summed E-state index contributed by atoms with van der Waals surface area (Å²) in [6, 6.07) is 12.9. The standard InChI is InChI=1S/C21H19ClFN3O3/c1-2-26(18-9-7-17(23)8-10-18)20(27)14-29-21(28)16-11-24-25(13-16)12-15-5-3-4-6-19(15)22/h3-11,13H,2,12,14H2,1H3. The van der Waals surface area contributed by atoms with Crippen molar-refractivity contribution in [3.8, 4) is 0 Å². The van der Waals surface area contributed by atoms with Crippen LogP contribution < -0.4 is 4.90 Å². The summed E-state index contributed by atoms with van der Waals surface area (Å²) in [5.74, 6) is -1.45. The summed E-state index contributed by atoms with van der Waals surface area (Å²) in [5, 5.41) is 4.74. The lowest BCUT2D eigenvalue weighted by Crippen LogP contribution is -2.34. The molecule has 0 spiro atoms. The molecule has 8 heteroatoms. The van der Waals surface area contributed by atoms with Crippen LogP contribution in [0.5, 0.6) is 0 Å². The summed E-state index contributed by atoms with van der Waals surface area (Å²) in [7, 11) is 0. The summed E-state index contributed by atoms with van der Waals surface area (Å²) in [6.45, 7) is 2.11. The number of carbonyl (C=O) groups is 2. The van der Waals surface area contributed by atoms with Gasteiger partial charge in [0.1, 0.15) is 5.82 Å². The van der Waals surface area contributed by atoms with Crippen molar-refractivity contribution in [1.29, 1.82) is 0 Å². The Morgan fingerprint density at radius 1 is 1.17 bits per heavy atom. The Hall–Kier alpha value is -3.19. The number of ether oxygens (including phenoxy) is 1. The second kappa shape index (κ2) is 9.34. The largest absolute Gasteiger partial charge is 0.452 e. The van der Waals surface area contributed by atoms with Crippen molar-refractivity contribution in [2.45, 2.75) is 13.5 Å². The molecule has 1 aromatic heterocycles. The molecule has 0 fully saturated rings. The maximum atomic E-state index is 13.1. The third-order valence-electron chi connectivity index (χ3n) is 4.24. The predicted molar refractivity (Wildman–Crippen MR) is 107 cm³/mol. The van der Waals surface area contributed by atoms with Crippen LogP contribution in [-0.2, 0) is 16.1 Å². The molecule has 0 aliphatic rings. The van der Waals surface area contributed by atoms with Gasteiger partial charge in [0.15, 0.2) is 6.61 Å². The van der Waals surface area contributed by atoms with E-state index < -0.39 is 24.3 Å². The number of anilines is 1. The van der Waals surface area contributed by atoms with Crippen LogP contribution in [0, 0.1) is 5.82 Å². The molecule has 0 radical (unpaired) electrons. The molecule has 29 heavy (non-hydrogen) atoms. The highest BCUT2D eigenvalue weighted by atomic mass is 35.5. The fraction of sp³-hybridized carbons (Fsp3) is 0.190. The Bertz CT molecular complexity index is 1000. The van der Waals surface area contributed by atoms with Crippen LogP contribution in [0.25, 0.3) is 0 Å². The average molecular weight is 416 g/mol. The van der Waals surface area contributed by atoms with Crippen LogP contribution in [0.15, 0.2) is 60.9 Å². The number of nitrogens with zero attached hydrogens (tertiary/aromatic N) is 3. The Kier molecular flexibility index (Phi) is 6.61. The molecule has 0 atom stereocenters. The minimum Gasteiger partial charge on any atom is -0.452 e. The Balaban J connectivity index is 1.59. The van der Waals surface area contributed by atoms with E-state index in [9.17, 15) is 14.0 Å². The van der Waals surface area contributed by atoms with E-state index in [2.05, 4.69) is 5.10 Å². The van der Waals surface area contributed by atoms with Crippen LogP contribution in [0.2, 0.25) is 5.02 Å². The van der Waals surface area contributed by atoms with Gasteiger partial charge in [0, 0.05) is 23.5 Å². The van der Waals surface area contributed by atoms with Gasteiger partial charge >= 0.3 is 5.97 Å². The normalized spacial score (nSPS) is 10.6. The molecule has 0 saturated carbocycles. The third kappa shape index (κ3) is 5.20. The average Bonchev–Trinajstić information content (AvgIpc) is 3.18. The maximum absolute atomic E-state index is 13.1. The highest BCUT2D eigenvalue weighted by Crippen LogP contribution is 2.17. The van der Waals surface area contributed by atoms with E-state index in [4.69, 9.17) is 16.3 Å². The van der Waals surface area contributed by atoms with Gasteiger partial charge in [-0.2, -0.15) is 5.10 Å². The van der Waals surface area contributed by atoms with Crippen molar-refractivity contribution in [3.63, 3.8) is 0 Å². The molecule has 1 amide bonds. The Morgan fingerprint density at radius 3 is 2.59 bits per heavy atom. The zero-order valence-electron chi connectivity index (χ0n) is 15.7. The highest BCUT2D eigenvalue weighted by Gasteiger charge is 2.18. The van der Waals surface area contributed by atoms with E-state index in [1.54, 1.807) is 17.7 Å². The van der Waals surface area contributed by atoms with E-state index in [1.165, 1.54) is 41.6 Å². The molecule has 0 bridgehead atoms. The fourth-order valence-electron chi connectivity index (χ4n) is 2.77. The molecule has 2 aromatic carbocycles. The van der Waals surface area contributed by atoms with E-state index in [-0.39, 0.29) is 5.56 Å². The SMILES string of the molecule is CCN(C(=O)COC(=O)c1cnn(Cc2ccccc2Cl)c1)c1ccc(F)cc1. The second-order valence-electron chi connectivity index (χ2n) is 6.21. The van der Waals surface area contributed by atoms with Gasteiger partial charge in [0.25, 0.3) is 5.91 Å². The van der Waals surface area contributed by atoms with Gasteiger partial charge in [-0.3, -0.25) is 9.48 Å². The minimum absolute atomic E-state index is 0.231. The lowest BCUT2D eigenvalue weighted by molar-refractivity contribution is -0.121. The van der Waals surface area contributed by atoms with Gasteiger partial charge in [-0.25, -0.2) is 9.18 Å². The van der Waals surface area contributed by atoms with E-state index in [1.807, 2.05) is 18.2 Å². The number of hydrogen-bond donors (Lipinski definition) is 0. The molecular weight excluding hydrogens is 397 g/mol. The molecule has 6 nitrogen and oxygen atoms in total. The lowest BCUT2D eigenvalue weighted by atomic mass is 10.2. The van der Waals surface area contributed by atoms with Gasteiger partial charge in [-0.05, 0) is 42.8 Å². The number of rotatable bonds is 7. The zero-order valence-corrected chi connectivity index (χ0v) is 16.5. The van der Waals surface area contributed by atoms with Gasteiger partial charge < -0.3 is 9.64 Å². The molecule has 3 rings (SSSR count). The van der Waals surface area contributed by atoms with Crippen LogP contribution >= 0.6 is 11.6 Å². The number of benzene rings is 2. The first-order valence-electron chi connectivity index (χ1n) is 8.97. The van der Waals surface area contributed by atoms with Crippen molar-refractivity contribution >= 4 is 29.2 Å². The number of amides is 1. The van der Waals surface area contributed by atoms with E-state index in [0.717, 1.165) is 5.56 Å². The van der Waals surface area contributed by atoms with Crippen LogP contribution in [0.3, 0.4) is 0 Å². The highest BCUT2D eigenvalue weighted by molar-refractivity contribution is 6.31. The summed E-state index contributed by atoms with van der Waals surface area (Å²) in [4.78, 5) is 26.1. The summed E-state index contributed by atoms with van der Waals surface area (Å²) >= 11 is 6.13. The Labute approximate surface area is 172 Å². The van der Waals surface area contributed by atoms with E-state index in [0.29, 0.717) is 23.8 Å². The first-order chi connectivity index (χ1) is 14.0. The van der Waals surface area contributed by atoms with Gasteiger partial charge in [-0.15, -0.1) is 0 Å². The number of aromatic nitrogens is 2. The molecule has 1 heterocycles. The van der Waals surface area contributed by atoms with Crippen molar-refractivity contribution in [1.82, 2.24) is 9.78 Å². The monoisotopic (exact) mass is 415 g/mol. The van der Waals surface area contributed by atoms with Crippen molar-refractivity contribution in [2.24, 2.45) is 0 Å². The first kappa shape index (κ1) is 20.5. The summed E-state index contributed by atoms with van der Waals surface area (Å²) in [5.41, 5.74) is 1.63. The molecule has 0 saturated heterocycles. The smallest absolute Gasteiger partial charge is 0.341 e. The number of likely N-dealkylation sites (N-methyl/N-ethyl adjacent to an activating group) is 1. The zero-order chi connectivity index (χ0) is 20.8. The number of halogens is 2. The van der Waals surface area contributed by atoms with E-state index >= 15 is 0 Å². The predicted octanol–water partition coefficient (Wildman–Crippen LogP) is 3.93. The number of hydrogen-bond acceptors (Lipinski definition) is 4. The topological polar surface area (TPSA) is 64.4 Å². The summed E-state index contributed by atoms with van der Waals surface area (Å²) < 4.78 is 19.8. The Morgan fingerprint density at radius 2 is 1.90 bits per heavy atom. The maximum Gasteiger partial charge on any atom is 0.341 e. The third-order valence-corrected chi connectivity index (χ3v) is 4.61. The molecule has 150 valence electrons. The number of esters is 1. The van der Waals surface area contributed by atoms with Crippen LogP contribution in [-0.4, -0.2) is 34.8 Å². The quantitative estimate of drug-likeness (QED) is 0.548. The minimum atomic E-state index is -0.654. The van der Waals surface area contributed by atoms with Gasteiger partial charge in [0.05, 0.1) is 18.3 Å². The van der Waals surface area contributed by atoms with Crippen molar-refractivity contribution < 1.29 is 18.7 Å². The molecule has 0 N–H and O–H groups in total. The van der Waals surface area contributed by atoms with Gasteiger partial charge in [-0.1, -0.05) is 29.8 Å². The fourth-order valence-corrected chi connectivity index (χ4v) is 2.96. The molecule has 3 aromatic rings. The second-order valence-corrected chi connectivity index (χ2v) is 6.62. The van der Waals surface area contributed by atoms with Crippen LogP contribution in [0.1, 0.15) is 22.8 Å². The molecule has 0 aliphatic carbocycles. The number of carbonyl (C=O) groups excluding carboxylic acids is 2. The van der Waals surface area contributed by atoms with Crippen LogP contribution in [0.4, 0.5) is 10.1 Å². The molecule has 0 aliphatic heterocycles. The lowest BCUT2D eigenvalue weighted by Gasteiger charge is -2.20. The van der Waals surface area contributed by atoms with Crippen molar-refractivity contribution in [3.05, 3.63) is 82.9 Å². The molecule has 0 unspecified atom stereocenters.